The van der Waals surface area contributed by atoms with Crippen molar-refractivity contribution >= 4 is 11.6 Å². The molecule has 3 N–H and O–H groups in total. The molecule has 21 heavy (non-hydrogen) atoms. The molecule has 0 aliphatic heterocycles. The van der Waals surface area contributed by atoms with Crippen LogP contribution in [0, 0.1) is 0 Å². The highest BCUT2D eigenvalue weighted by Gasteiger charge is 2.15. The summed E-state index contributed by atoms with van der Waals surface area (Å²) in [6.45, 7) is 3.63. The molecule has 0 bridgehead atoms. The summed E-state index contributed by atoms with van der Waals surface area (Å²) >= 11 is 0. The number of para-hydroxylation sites is 1. The first-order chi connectivity index (χ1) is 10.1. The van der Waals surface area contributed by atoms with Crippen LogP contribution < -0.4 is 15.8 Å². The maximum absolute atomic E-state index is 12.1. The maximum atomic E-state index is 12.1. The fraction of sp³-hybridized carbons (Fsp3) is 0.235. The molecule has 2 rings (SSSR count). The monoisotopic (exact) mass is 284 g/mol. The van der Waals surface area contributed by atoms with E-state index < -0.39 is 6.10 Å². The van der Waals surface area contributed by atoms with Gasteiger partial charge < -0.3 is 15.8 Å². The van der Waals surface area contributed by atoms with Crippen molar-refractivity contribution in [1.29, 1.82) is 0 Å². The normalized spacial score (nSPS) is 13.3. The standard InChI is InChI=1S/C17H20N2O2/c1-12(18)14-7-6-10-16(11-14)21-13(2)17(20)19-15-8-4-3-5-9-15/h3-13H,18H2,1-2H3,(H,19,20). The molecule has 0 saturated carbocycles. The number of carbonyl (C=O) groups excluding carboxylic acids is 1. The Morgan fingerprint density at radius 3 is 2.48 bits per heavy atom. The third kappa shape index (κ3) is 4.33. The van der Waals surface area contributed by atoms with Gasteiger partial charge in [-0.3, -0.25) is 4.79 Å². The third-order valence-corrected chi connectivity index (χ3v) is 3.11. The van der Waals surface area contributed by atoms with E-state index in [0.29, 0.717) is 5.75 Å². The number of carbonyl (C=O) groups is 1. The summed E-state index contributed by atoms with van der Waals surface area (Å²) in [5.41, 5.74) is 7.57. The lowest BCUT2D eigenvalue weighted by atomic mass is 10.1. The van der Waals surface area contributed by atoms with Crippen LogP contribution in [-0.4, -0.2) is 12.0 Å². The van der Waals surface area contributed by atoms with E-state index in [4.69, 9.17) is 10.5 Å². The molecular weight excluding hydrogens is 264 g/mol. The molecule has 2 aromatic rings. The van der Waals surface area contributed by atoms with Crippen LogP contribution in [-0.2, 0) is 4.79 Å². The van der Waals surface area contributed by atoms with Crippen LogP contribution in [0.15, 0.2) is 54.6 Å². The van der Waals surface area contributed by atoms with Gasteiger partial charge in [0.1, 0.15) is 5.75 Å². The Kier molecular flexibility index (Phi) is 4.95. The van der Waals surface area contributed by atoms with Gasteiger partial charge in [0.25, 0.3) is 5.91 Å². The molecule has 0 aliphatic rings. The van der Waals surface area contributed by atoms with E-state index in [0.717, 1.165) is 11.3 Å². The number of amides is 1. The number of nitrogens with two attached hydrogens (primary N) is 1. The topological polar surface area (TPSA) is 64.3 Å². The second kappa shape index (κ2) is 6.90. The van der Waals surface area contributed by atoms with E-state index in [-0.39, 0.29) is 11.9 Å². The van der Waals surface area contributed by atoms with E-state index in [9.17, 15) is 4.79 Å². The van der Waals surface area contributed by atoms with Crippen LogP contribution in [0.4, 0.5) is 5.69 Å². The molecule has 4 nitrogen and oxygen atoms in total. The Morgan fingerprint density at radius 1 is 1.10 bits per heavy atom. The zero-order valence-corrected chi connectivity index (χ0v) is 12.2. The molecule has 0 radical (unpaired) electrons. The van der Waals surface area contributed by atoms with Crippen molar-refractivity contribution < 1.29 is 9.53 Å². The van der Waals surface area contributed by atoms with Crippen LogP contribution in [0.5, 0.6) is 5.75 Å². The van der Waals surface area contributed by atoms with Crippen LogP contribution >= 0.6 is 0 Å². The van der Waals surface area contributed by atoms with E-state index in [2.05, 4.69) is 5.32 Å². The highest BCUT2D eigenvalue weighted by atomic mass is 16.5. The molecule has 1 amide bonds. The van der Waals surface area contributed by atoms with Gasteiger partial charge in [0, 0.05) is 11.7 Å². The van der Waals surface area contributed by atoms with Gasteiger partial charge in [-0.05, 0) is 43.7 Å². The number of rotatable bonds is 5. The summed E-state index contributed by atoms with van der Waals surface area (Å²) in [6, 6.07) is 16.7. The number of nitrogens with one attached hydrogen (secondary N) is 1. The summed E-state index contributed by atoms with van der Waals surface area (Å²) in [4.78, 5) is 12.1. The Hall–Kier alpha value is -2.33. The highest BCUT2D eigenvalue weighted by molar-refractivity contribution is 5.94. The lowest BCUT2D eigenvalue weighted by Crippen LogP contribution is -2.30. The molecule has 2 atom stereocenters. The van der Waals surface area contributed by atoms with Crippen molar-refractivity contribution in [2.45, 2.75) is 26.0 Å². The Balaban J connectivity index is 1.99. The first-order valence-corrected chi connectivity index (χ1v) is 6.94. The fourth-order valence-electron chi connectivity index (χ4n) is 1.89. The third-order valence-electron chi connectivity index (χ3n) is 3.11. The van der Waals surface area contributed by atoms with Crippen molar-refractivity contribution in [3.63, 3.8) is 0 Å². The zero-order chi connectivity index (χ0) is 15.2. The first-order valence-electron chi connectivity index (χ1n) is 6.94. The average Bonchev–Trinajstić information content (AvgIpc) is 2.48. The lowest BCUT2D eigenvalue weighted by Gasteiger charge is -2.16. The largest absolute Gasteiger partial charge is 0.481 e. The van der Waals surface area contributed by atoms with Crippen LogP contribution in [0.1, 0.15) is 25.5 Å². The van der Waals surface area contributed by atoms with Gasteiger partial charge in [-0.15, -0.1) is 0 Å². The van der Waals surface area contributed by atoms with Gasteiger partial charge in [-0.2, -0.15) is 0 Å². The minimum atomic E-state index is -0.589. The Morgan fingerprint density at radius 2 is 1.81 bits per heavy atom. The van der Waals surface area contributed by atoms with Crippen molar-refractivity contribution in [3.05, 3.63) is 60.2 Å². The first kappa shape index (κ1) is 15.1. The SMILES string of the molecule is CC(Oc1cccc(C(C)N)c1)C(=O)Nc1ccccc1. The van der Waals surface area contributed by atoms with Gasteiger partial charge in [-0.25, -0.2) is 0 Å². The molecule has 0 spiro atoms. The molecule has 0 aromatic heterocycles. The van der Waals surface area contributed by atoms with Gasteiger partial charge in [0.2, 0.25) is 0 Å². The Bertz CT molecular complexity index is 597. The summed E-state index contributed by atoms with van der Waals surface area (Å²) < 4.78 is 5.67. The van der Waals surface area contributed by atoms with Gasteiger partial charge in [0.15, 0.2) is 6.10 Å². The number of benzene rings is 2. The fourth-order valence-corrected chi connectivity index (χ4v) is 1.89. The predicted molar refractivity (Wildman–Crippen MR) is 84.2 cm³/mol. The van der Waals surface area contributed by atoms with Crippen molar-refractivity contribution in [2.75, 3.05) is 5.32 Å². The Labute approximate surface area is 124 Å². The van der Waals surface area contributed by atoms with Crippen molar-refractivity contribution in [2.24, 2.45) is 5.73 Å². The molecule has 110 valence electrons. The highest BCUT2D eigenvalue weighted by Crippen LogP contribution is 2.19. The summed E-state index contributed by atoms with van der Waals surface area (Å²) in [5, 5.41) is 2.81. The second-order valence-electron chi connectivity index (χ2n) is 4.98. The lowest BCUT2D eigenvalue weighted by molar-refractivity contribution is -0.122. The molecule has 0 heterocycles. The molecule has 2 aromatic carbocycles. The number of hydrogen-bond donors (Lipinski definition) is 2. The molecular formula is C17H20N2O2. The second-order valence-corrected chi connectivity index (χ2v) is 4.98. The minimum Gasteiger partial charge on any atom is -0.481 e. The molecule has 0 aliphatic carbocycles. The smallest absolute Gasteiger partial charge is 0.265 e. The number of ether oxygens (including phenoxy) is 1. The quantitative estimate of drug-likeness (QED) is 0.886. The summed E-state index contributed by atoms with van der Waals surface area (Å²) in [5.74, 6) is 0.452. The molecule has 2 unspecified atom stereocenters. The number of anilines is 1. The summed E-state index contributed by atoms with van der Waals surface area (Å²) in [7, 11) is 0. The van der Waals surface area contributed by atoms with Crippen LogP contribution in [0.2, 0.25) is 0 Å². The van der Waals surface area contributed by atoms with E-state index in [1.807, 2.05) is 61.5 Å². The van der Waals surface area contributed by atoms with Gasteiger partial charge in [0.05, 0.1) is 0 Å². The van der Waals surface area contributed by atoms with Gasteiger partial charge >= 0.3 is 0 Å². The van der Waals surface area contributed by atoms with E-state index >= 15 is 0 Å². The van der Waals surface area contributed by atoms with Crippen LogP contribution in [0.3, 0.4) is 0 Å². The zero-order valence-electron chi connectivity index (χ0n) is 12.2. The summed E-state index contributed by atoms with van der Waals surface area (Å²) in [6.07, 6.45) is -0.589. The van der Waals surface area contributed by atoms with Crippen molar-refractivity contribution in [3.8, 4) is 5.75 Å². The molecule has 0 saturated heterocycles. The number of hydrogen-bond acceptors (Lipinski definition) is 3. The van der Waals surface area contributed by atoms with Crippen molar-refractivity contribution in [1.82, 2.24) is 0 Å². The predicted octanol–water partition coefficient (Wildman–Crippen LogP) is 3.11. The maximum Gasteiger partial charge on any atom is 0.265 e. The van der Waals surface area contributed by atoms with Crippen LogP contribution in [0.25, 0.3) is 0 Å². The van der Waals surface area contributed by atoms with E-state index in [1.54, 1.807) is 6.92 Å². The van der Waals surface area contributed by atoms with E-state index in [1.165, 1.54) is 0 Å². The van der Waals surface area contributed by atoms with Gasteiger partial charge in [-0.1, -0.05) is 30.3 Å². The molecule has 0 fully saturated rings. The average molecular weight is 284 g/mol. The minimum absolute atomic E-state index is 0.0676. The molecule has 4 heteroatoms.